The zero-order valence-corrected chi connectivity index (χ0v) is 13.4. The Morgan fingerprint density at radius 2 is 1.73 bits per heavy atom. The van der Waals surface area contributed by atoms with Crippen LogP contribution < -0.4 is 16.8 Å². The maximum absolute atomic E-state index is 5.39. The number of nitrogens with zero attached hydrogens (tertiary/aromatic N) is 2. The predicted molar refractivity (Wildman–Crippen MR) is 89.4 cm³/mol. The van der Waals surface area contributed by atoms with Gasteiger partial charge in [0.2, 0.25) is 0 Å². The van der Waals surface area contributed by atoms with E-state index in [0.717, 1.165) is 32.4 Å². The van der Waals surface area contributed by atoms with E-state index in [1.807, 2.05) is 0 Å². The van der Waals surface area contributed by atoms with E-state index in [-0.39, 0.29) is 0 Å². The van der Waals surface area contributed by atoms with Crippen molar-refractivity contribution < 1.29 is 14.2 Å². The standard InChI is InChI=1S/C14H31N5O3/c15-4-10-21-14-19-7-6-17-8-11-22-13-18-5-2-1-3-9-20-12-16/h6-7,18H,1-5,8-16H2. The highest BCUT2D eigenvalue weighted by molar-refractivity contribution is 6.15. The van der Waals surface area contributed by atoms with Gasteiger partial charge in [0.25, 0.3) is 0 Å². The highest BCUT2D eigenvalue weighted by Crippen LogP contribution is 1.93. The molecule has 0 unspecified atom stereocenters. The zero-order chi connectivity index (χ0) is 16.1. The molecule has 0 aliphatic carbocycles. The first kappa shape index (κ1) is 21.1. The van der Waals surface area contributed by atoms with Crippen LogP contribution in [0.4, 0.5) is 0 Å². The van der Waals surface area contributed by atoms with Crippen molar-refractivity contribution in [3.05, 3.63) is 0 Å². The minimum atomic E-state index is 0.308. The summed E-state index contributed by atoms with van der Waals surface area (Å²) in [6.07, 6.45) is 6.55. The van der Waals surface area contributed by atoms with Crippen LogP contribution in [-0.4, -0.2) is 72.1 Å². The molecule has 0 rings (SSSR count). The molecule has 0 aromatic rings. The molecule has 0 fully saturated rings. The van der Waals surface area contributed by atoms with Crippen molar-refractivity contribution in [1.29, 1.82) is 0 Å². The van der Waals surface area contributed by atoms with Crippen LogP contribution in [0.1, 0.15) is 19.3 Å². The van der Waals surface area contributed by atoms with Gasteiger partial charge in [0, 0.05) is 25.6 Å². The van der Waals surface area contributed by atoms with Crippen molar-refractivity contribution in [2.24, 2.45) is 21.5 Å². The number of hydrogen-bond donors (Lipinski definition) is 3. The third-order valence-electron chi connectivity index (χ3n) is 2.53. The molecular formula is C14H31N5O3. The van der Waals surface area contributed by atoms with Gasteiger partial charge in [0.15, 0.2) is 0 Å². The lowest BCUT2D eigenvalue weighted by Crippen LogP contribution is -2.20. The van der Waals surface area contributed by atoms with Crippen LogP contribution in [0.3, 0.4) is 0 Å². The van der Waals surface area contributed by atoms with E-state index in [9.17, 15) is 0 Å². The van der Waals surface area contributed by atoms with E-state index in [1.54, 1.807) is 12.4 Å². The lowest BCUT2D eigenvalue weighted by molar-refractivity contribution is 0.122. The maximum atomic E-state index is 5.39. The number of unbranched alkanes of at least 4 members (excludes halogenated alkanes) is 2. The molecule has 0 amide bonds. The first-order valence-corrected chi connectivity index (χ1v) is 7.74. The average molecular weight is 317 g/mol. The van der Waals surface area contributed by atoms with E-state index in [0.29, 0.717) is 46.5 Å². The Kier molecular flexibility index (Phi) is 19.3. The Labute approximate surface area is 133 Å². The summed E-state index contributed by atoms with van der Waals surface area (Å²) >= 11 is 0. The summed E-state index contributed by atoms with van der Waals surface area (Å²) in [7, 11) is 0. The summed E-state index contributed by atoms with van der Waals surface area (Å²) in [5.74, 6) is 0. The molecule has 8 nitrogen and oxygen atoms in total. The molecule has 0 saturated heterocycles. The summed E-state index contributed by atoms with van der Waals surface area (Å²) in [4.78, 5) is 8.12. The van der Waals surface area contributed by atoms with Crippen molar-refractivity contribution in [3.8, 4) is 0 Å². The fourth-order valence-electron chi connectivity index (χ4n) is 1.46. The molecule has 0 aromatic heterocycles. The van der Waals surface area contributed by atoms with Crippen molar-refractivity contribution in [2.45, 2.75) is 19.3 Å². The topological polar surface area (TPSA) is 116 Å². The molecule has 8 heteroatoms. The normalized spacial score (nSPS) is 11.9. The lowest BCUT2D eigenvalue weighted by Gasteiger charge is -2.05. The quantitative estimate of drug-likeness (QED) is 0.193. The monoisotopic (exact) mass is 317 g/mol. The largest absolute Gasteiger partial charge is 0.367 e. The second-order valence-corrected chi connectivity index (χ2v) is 4.40. The van der Waals surface area contributed by atoms with Gasteiger partial charge in [-0.25, -0.2) is 0 Å². The lowest BCUT2D eigenvalue weighted by atomic mass is 10.2. The van der Waals surface area contributed by atoms with Gasteiger partial charge < -0.3 is 25.7 Å². The van der Waals surface area contributed by atoms with Gasteiger partial charge >= 0.3 is 0 Å². The highest BCUT2D eigenvalue weighted by atomic mass is 16.5. The molecule has 0 aromatic carbocycles. The molecule has 0 atom stereocenters. The first-order valence-electron chi connectivity index (χ1n) is 7.74. The first-order chi connectivity index (χ1) is 10.9. The molecular weight excluding hydrogens is 286 g/mol. The van der Waals surface area contributed by atoms with Crippen molar-refractivity contribution in [2.75, 3.05) is 59.6 Å². The van der Waals surface area contributed by atoms with Crippen LogP contribution in [0.15, 0.2) is 9.98 Å². The van der Waals surface area contributed by atoms with Gasteiger partial charge in [-0.15, -0.1) is 0 Å². The summed E-state index contributed by atoms with van der Waals surface area (Å²) in [5, 5.41) is 3.21. The minimum Gasteiger partial charge on any atom is -0.367 e. The van der Waals surface area contributed by atoms with E-state index >= 15 is 0 Å². The SMILES string of the molecule is NCCOCN=CC=NCCOCNCCCCCOCN. The molecule has 0 bridgehead atoms. The molecule has 130 valence electrons. The molecule has 22 heavy (non-hydrogen) atoms. The highest BCUT2D eigenvalue weighted by Gasteiger charge is 1.90. The Balaban J connectivity index is 3.10. The fourth-order valence-corrected chi connectivity index (χ4v) is 1.46. The van der Waals surface area contributed by atoms with Crippen molar-refractivity contribution in [1.82, 2.24) is 5.32 Å². The van der Waals surface area contributed by atoms with Gasteiger partial charge in [0.1, 0.15) is 6.73 Å². The predicted octanol–water partition coefficient (Wildman–Crippen LogP) is -0.272. The second-order valence-electron chi connectivity index (χ2n) is 4.40. The molecule has 0 heterocycles. The number of nitrogens with one attached hydrogen (secondary N) is 1. The third-order valence-corrected chi connectivity index (χ3v) is 2.53. The Morgan fingerprint density at radius 1 is 0.864 bits per heavy atom. The van der Waals surface area contributed by atoms with Crippen LogP contribution >= 0.6 is 0 Å². The number of aliphatic imine (C=N–C) groups is 2. The third kappa shape index (κ3) is 19.1. The molecule has 5 N–H and O–H groups in total. The Morgan fingerprint density at radius 3 is 2.55 bits per heavy atom. The molecule has 0 saturated carbocycles. The number of nitrogens with two attached hydrogens (primary N) is 2. The van der Waals surface area contributed by atoms with Crippen LogP contribution in [0.25, 0.3) is 0 Å². The summed E-state index contributed by atoms with van der Waals surface area (Å²) < 4.78 is 15.5. The smallest absolute Gasteiger partial charge is 0.137 e. The van der Waals surface area contributed by atoms with Crippen LogP contribution in [0.5, 0.6) is 0 Å². The Bertz CT molecular complexity index is 265. The van der Waals surface area contributed by atoms with Gasteiger partial charge in [-0.05, 0) is 25.8 Å². The van der Waals surface area contributed by atoms with Crippen LogP contribution in [0, 0.1) is 0 Å². The van der Waals surface area contributed by atoms with E-state index in [1.165, 1.54) is 0 Å². The number of ether oxygens (including phenoxy) is 3. The van der Waals surface area contributed by atoms with Gasteiger partial charge in [-0.3, -0.25) is 15.3 Å². The average Bonchev–Trinajstić information content (AvgIpc) is 2.54. The van der Waals surface area contributed by atoms with Gasteiger partial charge in [-0.1, -0.05) is 0 Å². The van der Waals surface area contributed by atoms with Crippen molar-refractivity contribution >= 4 is 12.4 Å². The van der Waals surface area contributed by atoms with E-state index < -0.39 is 0 Å². The summed E-state index contributed by atoms with van der Waals surface area (Å²) in [5.41, 5.74) is 10.5. The van der Waals surface area contributed by atoms with Gasteiger partial charge in [0.05, 0.1) is 33.2 Å². The molecule has 0 spiro atoms. The van der Waals surface area contributed by atoms with E-state index in [2.05, 4.69) is 15.3 Å². The summed E-state index contributed by atoms with van der Waals surface area (Å²) in [6.45, 7) is 5.11. The molecule has 0 aliphatic heterocycles. The maximum Gasteiger partial charge on any atom is 0.137 e. The molecule has 0 aliphatic rings. The Hall–Kier alpha value is -0.900. The summed E-state index contributed by atoms with van der Waals surface area (Å²) in [6, 6.07) is 0. The van der Waals surface area contributed by atoms with Crippen LogP contribution in [-0.2, 0) is 14.2 Å². The van der Waals surface area contributed by atoms with Crippen LogP contribution in [0.2, 0.25) is 0 Å². The zero-order valence-electron chi connectivity index (χ0n) is 13.4. The minimum absolute atomic E-state index is 0.308. The second kappa shape index (κ2) is 20.1. The van der Waals surface area contributed by atoms with E-state index in [4.69, 9.17) is 25.7 Å². The van der Waals surface area contributed by atoms with Gasteiger partial charge in [-0.2, -0.15) is 0 Å². The number of rotatable bonds is 17. The molecule has 0 radical (unpaired) electrons. The fraction of sp³-hybridized carbons (Fsp3) is 0.857. The number of hydrogen-bond acceptors (Lipinski definition) is 8. The van der Waals surface area contributed by atoms with Crippen molar-refractivity contribution in [3.63, 3.8) is 0 Å².